The minimum absolute atomic E-state index is 0.0635. The van der Waals surface area contributed by atoms with Crippen LogP contribution >= 0.6 is 0 Å². The molecule has 0 spiro atoms. The zero-order chi connectivity index (χ0) is 13.7. The second-order valence-corrected chi connectivity index (χ2v) is 3.62. The molecule has 6 heteroatoms. The molecule has 1 aromatic heterocycles. The highest BCUT2D eigenvalue weighted by molar-refractivity contribution is 5.85. The highest BCUT2D eigenvalue weighted by Gasteiger charge is 2.08. The molecule has 1 aromatic carbocycles. The number of benzene rings is 1. The fourth-order valence-corrected chi connectivity index (χ4v) is 1.51. The lowest BCUT2D eigenvalue weighted by molar-refractivity contribution is 0.0690. The van der Waals surface area contributed by atoms with Crippen LogP contribution in [0.1, 0.15) is 17.4 Å². The first-order valence-corrected chi connectivity index (χ1v) is 5.76. The number of aromatic nitrogens is 2. The monoisotopic (exact) mass is 259 g/mol. The fraction of sp³-hybridized carbons (Fsp3) is 0.154. The molecule has 0 aliphatic carbocycles. The number of carbonyl (C=O) groups is 1. The molecule has 2 aromatic rings. The van der Waals surface area contributed by atoms with Crippen LogP contribution in [0.3, 0.4) is 0 Å². The summed E-state index contributed by atoms with van der Waals surface area (Å²) in [7, 11) is 0. The van der Waals surface area contributed by atoms with Crippen molar-refractivity contribution in [3.63, 3.8) is 0 Å². The Morgan fingerprint density at radius 1 is 1.37 bits per heavy atom. The van der Waals surface area contributed by atoms with Crippen molar-refractivity contribution in [2.24, 2.45) is 0 Å². The Morgan fingerprint density at radius 3 is 2.89 bits per heavy atom. The fourth-order valence-electron chi connectivity index (χ4n) is 1.51. The molecule has 1 heterocycles. The molecular weight excluding hydrogens is 246 g/mol. The number of nitrogens with zero attached hydrogens (tertiary/aromatic N) is 2. The summed E-state index contributed by atoms with van der Waals surface area (Å²) in [5.74, 6) is -0.218. The van der Waals surface area contributed by atoms with Crippen molar-refractivity contribution < 1.29 is 14.6 Å². The summed E-state index contributed by atoms with van der Waals surface area (Å²) in [6.45, 7) is 2.42. The summed E-state index contributed by atoms with van der Waals surface area (Å²) in [6.07, 6.45) is 1.39. The summed E-state index contributed by atoms with van der Waals surface area (Å²) in [5.41, 5.74) is 0.623. The number of ether oxygens (including phenoxy) is 1. The van der Waals surface area contributed by atoms with Gasteiger partial charge in [-0.05, 0) is 25.1 Å². The van der Waals surface area contributed by atoms with E-state index in [0.717, 1.165) is 0 Å². The quantitative estimate of drug-likeness (QED) is 0.857. The predicted octanol–water partition coefficient (Wildman–Crippen LogP) is 2.32. The van der Waals surface area contributed by atoms with Crippen molar-refractivity contribution in [1.29, 1.82) is 0 Å². The number of aromatic carboxylic acids is 1. The molecule has 0 unspecified atom stereocenters. The van der Waals surface area contributed by atoms with Gasteiger partial charge in [0.15, 0.2) is 5.69 Å². The zero-order valence-corrected chi connectivity index (χ0v) is 10.3. The topological polar surface area (TPSA) is 84.3 Å². The Labute approximate surface area is 110 Å². The lowest BCUT2D eigenvalue weighted by Gasteiger charge is -2.10. The maximum Gasteiger partial charge on any atom is 0.354 e. The molecule has 0 saturated heterocycles. The number of anilines is 2. The van der Waals surface area contributed by atoms with Gasteiger partial charge in [-0.1, -0.05) is 12.1 Å². The molecule has 0 bridgehead atoms. The van der Waals surface area contributed by atoms with Crippen molar-refractivity contribution in [2.45, 2.75) is 6.92 Å². The Balaban J connectivity index is 2.26. The summed E-state index contributed by atoms with van der Waals surface area (Å²) in [4.78, 5) is 18.7. The van der Waals surface area contributed by atoms with Crippen LogP contribution in [0.15, 0.2) is 36.5 Å². The van der Waals surface area contributed by atoms with E-state index < -0.39 is 5.97 Å². The minimum Gasteiger partial charge on any atom is -0.492 e. The Bertz CT molecular complexity index is 587. The summed E-state index contributed by atoms with van der Waals surface area (Å²) >= 11 is 0. The Morgan fingerprint density at radius 2 is 2.16 bits per heavy atom. The van der Waals surface area contributed by atoms with Crippen molar-refractivity contribution in [3.8, 4) is 5.75 Å². The second-order valence-electron chi connectivity index (χ2n) is 3.62. The third-order valence-corrected chi connectivity index (χ3v) is 2.31. The number of nitrogens with one attached hydrogen (secondary N) is 1. The highest BCUT2D eigenvalue weighted by Crippen LogP contribution is 2.25. The Hall–Kier alpha value is -2.63. The standard InChI is InChI=1S/C13H13N3O3/c1-2-19-11-6-4-3-5-9(11)15-13-14-8-7-10(16-13)12(17)18/h3-8H,2H2,1H3,(H,17,18)(H,14,15,16). The molecule has 0 radical (unpaired) electrons. The summed E-state index contributed by atoms with van der Waals surface area (Å²) < 4.78 is 5.45. The van der Waals surface area contributed by atoms with Crippen LogP contribution < -0.4 is 10.1 Å². The van der Waals surface area contributed by atoms with Gasteiger partial charge in [0.25, 0.3) is 0 Å². The number of carboxylic acids is 1. The lowest BCUT2D eigenvalue weighted by atomic mass is 10.3. The molecule has 0 fully saturated rings. The normalized spacial score (nSPS) is 9.95. The van der Waals surface area contributed by atoms with Gasteiger partial charge in [0.05, 0.1) is 12.3 Å². The van der Waals surface area contributed by atoms with Gasteiger partial charge < -0.3 is 15.2 Å². The van der Waals surface area contributed by atoms with E-state index in [9.17, 15) is 4.79 Å². The second kappa shape index (κ2) is 5.81. The van der Waals surface area contributed by atoms with E-state index in [1.54, 1.807) is 0 Å². The number of carboxylic acid groups (broad SMARTS) is 1. The van der Waals surface area contributed by atoms with Crippen molar-refractivity contribution in [2.75, 3.05) is 11.9 Å². The van der Waals surface area contributed by atoms with E-state index in [4.69, 9.17) is 9.84 Å². The third kappa shape index (κ3) is 3.19. The molecule has 0 amide bonds. The number of para-hydroxylation sites is 2. The van der Waals surface area contributed by atoms with Crippen LogP contribution in [-0.2, 0) is 0 Å². The summed E-state index contributed by atoms with van der Waals surface area (Å²) in [6, 6.07) is 8.65. The maximum absolute atomic E-state index is 10.8. The maximum atomic E-state index is 10.8. The van der Waals surface area contributed by atoms with Crippen molar-refractivity contribution in [1.82, 2.24) is 9.97 Å². The first-order valence-electron chi connectivity index (χ1n) is 5.76. The van der Waals surface area contributed by atoms with E-state index >= 15 is 0 Å². The van der Waals surface area contributed by atoms with E-state index in [0.29, 0.717) is 18.0 Å². The van der Waals surface area contributed by atoms with E-state index in [1.165, 1.54) is 12.3 Å². The van der Waals surface area contributed by atoms with E-state index in [1.807, 2.05) is 31.2 Å². The number of rotatable bonds is 5. The van der Waals surface area contributed by atoms with Crippen LogP contribution in [0.5, 0.6) is 5.75 Å². The van der Waals surface area contributed by atoms with Crippen LogP contribution in [0.25, 0.3) is 0 Å². The molecule has 19 heavy (non-hydrogen) atoms. The predicted molar refractivity (Wildman–Crippen MR) is 69.9 cm³/mol. The van der Waals surface area contributed by atoms with Gasteiger partial charge in [0.1, 0.15) is 5.75 Å². The molecule has 0 aliphatic heterocycles. The molecule has 2 N–H and O–H groups in total. The molecule has 0 aliphatic rings. The minimum atomic E-state index is -1.09. The van der Waals surface area contributed by atoms with Crippen molar-refractivity contribution in [3.05, 3.63) is 42.2 Å². The largest absolute Gasteiger partial charge is 0.492 e. The van der Waals surface area contributed by atoms with Gasteiger partial charge in [-0.25, -0.2) is 14.8 Å². The number of hydrogen-bond acceptors (Lipinski definition) is 5. The zero-order valence-electron chi connectivity index (χ0n) is 10.3. The van der Waals surface area contributed by atoms with Crippen LogP contribution in [0.4, 0.5) is 11.6 Å². The van der Waals surface area contributed by atoms with Gasteiger partial charge in [-0.3, -0.25) is 0 Å². The van der Waals surface area contributed by atoms with Crippen LogP contribution in [0.2, 0.25) is 0 Å². The van der Waals surface area contributed by atoms with Crippen LogP contribution in [0, 0.1) is 0 Å². The van der Waals surface area contributed by atoms with Gasteiger partial charge in [0.2, 0.25) is 5.95 Å². The molecule has 2 rings (SSSR count). The van der Waals surface area contributed by atoms with E-state index in [2.05, 4.69) is 15.3 Å². The van der Waals surface area contributed by atoms with Gasteiger partial charge >= 0.3 is 5.97 Å². The smallest absolute Gasteiger partial charge is 0.354 e. The molecular formula is C13H13N3O3. The molecule has 6 nitrogen and oxygen atoms in total. The molecule has 0 atom stereocenters. The van der Waals surface area contributed by atoms with Crippen LogP contribution in [-0.4, -0.2) is 27.7 Å². The number of hydrogen-bond donors (Lipinski definition) is 2. The highest BCUT2D eigenvalue weighted by atomic mass is 16.5. The first-order chi connectivity index (χ1) is 9.20. The van der Waals surface area contributed by atoms with Gasteiger partial charge in [0, 0.05) is 6.20 Å². The molecule has 0 saturated carbocycles. The lowest BCUT2D eigenvalue weighted by Crippen LogP contribution is -2.05. The van der Waals surface area contributed by atoms with E-state index in [-0.39, 0.29) is 11.6 Å². The third-order valence-electron chi connectivity index (χ3n) is 2.31. The average molecular weight is 259 g/mol. The average Bonchev–Trinajstić information content (AvgIpc) is 2.41. The van der Waals surface area contributed by atoms with Gasteiger partial charge in [-0.15, -0.1) is 0 Å². The SMILES string of the molecule is CCOc1ccccc1Nc1nccc(C(=O)O)n1. The summed E-state index contributed by atoms with van der Waals surface area (Å²) in [5, 5.41) is 11.8. The first kappa shape index (κ1) is 12.8. The molecule has 98 valence electrons. The van der Waals surface area contributed by atoms with Gasteiger partial charge in [-0.2, -0.15) is 0 Å². The van der Waals surface area contributed by atoms with Crippen molar-refractivity contribution >= 4 is 17.6 Å². The Kier molecular flexibility index (Phi) is 3.92.